The van der Waals surface area contributed by atoms with Gasteiger partial charge in [-0.05, 0) is 37.8 Å². The lowest BCUT2D eigenvalue weighted by Gasteiger charge is -2.35. The molecule has 0 unspecified atom stereocenters. The zero-order valence-corrected chi connectivity index (χ0v) is 13.7. The smallest absolute Gasteiger partial charge is 0.306 e. The third-order valence-corrected chi connectivity index (χ3v) is 4.81. The number of aromatic nitrogens is 4. The fourth-order valence-electron chi connectivity index (χ4n) is 3.51. The third-order valence-electron chi connectivity index (χ3n) is 4.81. The predicted molar refractivity (Wildman–Crippen MR) is 93.0 cm³/mol. The van der Waals surface area contributed by atoms with Gasteiger partial charge in [-0.1, -0.05) is 18.2 Å². The van der Waals surface area contributed by atoms with Crippen LogP contribution in [-0.4, -0.2) is 37.0 Å². The SMILES string of the molecule is O=C(O)C1CCC(N(c2ncccn2)n2ncc3ccccc32)CC1. The fourth-order valence-corrected chi connectivity index (χ4v) is 3.51. The topological polar surface area (TPSA) is 84.1 Å². The zero-order chi connectivity index (χ0) is 17.2. The second-order valence-electron chi connectivity index (χ2n) is 6.33. The molecule has 7 nitrogen and oxygen atoms in total. The number of hydrogen-bond donors (Lipinski definition) is 1. The van der Waals surface area contributed by atoms with Crippen LogP contribution >= 0.6 is 0 Å². The van der Waals surface area contributed by atoms with Gasteiger partial charge < -0.3 is 5.11 Å². The van der Waals surface area contributed by atoms with Gasteiger partial charge in [0.25, 0.3) is 0 Å². The molecule has 0 saturated heterocycles. The maximum Gasteiger partial charge on any atom is 0.306 e. The van der Waals surface area contributed by atoms with Crippen molar-refractivity contribution in [1.82, 2.24) is 19.9 Å². The Morgan fingerprint density at radius 1 is 1.08 bits per heavy atom. The van der Waals surface area contributed by atoms with Crippen LogP contribution in [-0.2, 0) is 4.79 Å². The first kappa shape index (κ1) is 15.6. The van der Waals surface area contributed by atoms with Gasteiger partial charge in [0.2, 0.25) is 5.95 Å². The molecule has 128 valence electrons. The van der Waals surface area contributed by atoms with Gasteiger partial charge in [-0.25, -0.2) is 15.0 Å². The molecule has 0 bridgehead atoms. The van der Waals surface area contributed by atoms with Crippen molar-refractivity contribution < 1.29 is 9.90 Å². The maximum absolute atomic E-state index is 11.2. The Balaban J connectivity index is 1.72. The number of anilines is 1. The number of para-hydroxylation sites is 1. The van der Waals surface area contributed by atoms with E-state index in [0.717, 1.165) is 23.7 Å². The van der Waals surface area contributed by atoms with Gasteiger partial charge in [-0.2, -0.15) is 9.89 Å². The number of benzene rings is 1. The molecule has 1 aromatic carbocycles. The summed E-state index contributed by atoms with van der Waals surface area (Å²) in [6.07, 6.45) is 8.10. The van der Waals surface area contributed by atoms with Crippen LogP contribution in [0.3, 0.4) is 0 Å². The van der Waals surface area contributed by atoms with Crippen LogP contribution in [0.5, 0.6) is 0 Å². The highest BCUT2D eigenvalue weighted by atomic mass is 16.4. The van der Waals surface area contributed by atoms with Crippen molar-refractivity contribution in [2.75, 3.05) is 5.01 Å². The minimum Gasteiger partial charge on any atom is -0.481 e. The van der Waals surface area contributed by atoms with E-state index in [1.54, 1.807) is 18.5 Å². The molecule has 0 spiro atoms. The molecule has 1 aliphatic rings. The van der Waals surface area contributed by atoms with Crippen molar-refractivity contribution in [2.45, 2.75) is 31.7 Å². The number of fused-ring (bicyclic) bond motifs is 1. The van der Waals surface area contributed by atoms with Crippen LogP contribution in [0.2, 0.25) is 0 Å². The number of carboxylic acid groups (broad SMARTS) is 1. The number of hydrogen-bond acceptors (Lipinski definition) is 5. The van der Waals surface area contributed by atoms with Crippen molar-refractivity contribution in [2.24, 2.45) is 5.92 Å². The molecule has 0 aliphatic heterocycles. The highest BCUT2D eigenvalue weighted by molar-refractivity contribution is 5.79. The Morgan fingerprint density at radius 3 is 2.52 bits per heavy atom. The van der Waals surface area contributed by atoms with Gasteiger partial charge in [-0.15, -0.1) is 0 Å². The summed E-state index contributed by atoms with van der Waals surface area (Å²) in [6, 6.07) is 9.89. The van der Waals surface area contributed by atoms with Gasteiger partial charge in [0.15, 0.2) is 0 Å². The van der Waals surface area contributed by atoms with Gasteiger partial charge in [0, 0.05) is 17.8 Å². The number of carbonyl (C=O) groups is 1. The second-order valence-corrected chi connectivity index (χ2v) is 6.33. The van der Waals surface area contributed by atoms with Crippen LogP contribution in [0.1, 0.15) is 25.7 Å². The second kappa shape index (κ2) is 6.51. The summed E-state index contributed by atoms with van der Waals surface area (Å²) < 4.78 is 0. The molecule has 25 heavy (non-hydrogen) atoms. The third kappa shape index (κ3) is 2.93. The summed E-state index contributed by atoms with van der Waals surface area (Å²) in [4.78, 5) is 21.9. The molecule has 1 saturated carbocycles. The number of carboxylic acids is 1. The Hall–Kier alpha value is -2.96. The van der Waals surface area contributed by atoms with E-state index in [9.17, 15) is 9.90 Å². The normalized spacial score (nSPS) is 20.5. The lowest BCUT2D eigenvalue weighted by molar-refractivity contribution is -0.142. The van der Waals surface area contributed by atoms with E-state index in [4.69, 9.17) is 0 Å². The number of nitrogens with zero attached hydrogens (tertiary/aromatic N) is 5. The first-order chi connectivity index (χ1) is 12.2. The minimum absolute atomic E-state index is 0.112. The average molecular weight is 337 g/mol. The highest BCUT2D eigenvalue weighted by Gasteiger charge is 2.32. The van der Waals surface area contributed by atoms with Crippen molar-refractivity contribution >= 4 is 22.8 Å². The molecule has 1 N–H and O–H groups in total. The molecule has 0 atom stereocenters. The Kier molecular flexibility index (Phi) is 4.05. The lowest BCUT2D eigenvalue weighted by atomic mass is 9.86. The molecule has 3 aromatic rings. The van der Waals surface area contributed by atoms with Crippen molar-refractivity contribution in [1.29, 1.82) is 0 Å². The lowest BCUT2D eigenvalue weighted by Crippen LogP contribution is -2.44. The molecule has 7 heteroatoms. The summed E-state index contributed by atoms with van der Waals surface area (Å²) in [5.41, 5.74) is 0.982. The van der Waals surface area contributed by atoms with E-state index < -0.39 is 5.97 Å². The molecular formula is C18H19N5O2. The molecule has 2 heterocycles. The van der Waals surface area contributed by atoms with E-state index in [1.807, 2.05) is 40.3 Å². The largest absolute Gasteiger partial charge is 0.481 e. The van der Waals surface area contributed by atoms with Crippen LogP contribution < -0.4 is 5.01 Å². The quantitative estimate of drug-likeness (QED) is 0.788. The van der Waals surface area contributed by atoms with Crippen molar-refractivity contribution in [3.63, 3.8) is 0 Å². The number of aliphatic carboxylic acids is 1. The summed E-state index contributed by atoms with van der Waals surface area (Å²) in [5.74, 6) is -0.384. The molecule has 1 aliphatic carbocycles. The van der Waals surface area contributed by atoms with E-state index in [-0.39, 0.29) is 12.0 Å². The van der Waals surface area contributed by atoms with E-state index in [2.05, 4.69) is 15.1 Å². The maximum atomic E-state index is 11.2. The van der Waals surface area contributed by atoms with Gasteiger partial charge in [-0.3, -0.25) is 4.79 Å². The average Bonchev–Trinajstić information content (AvgIpc) is 3.07. The molecular weight excluding hydrogens is 318 g/mol. The molecule has 1 fully saturated rings. The Morgan fingerprint density at radius 2 is 1.80 bits per heavy atom. The molecule has 0 radical (unpaired) electrons. The van der Waals surface area contributed by atoms with Gasteiger partial charge in [0.05, 0.1) is 23.7 Å². The van der Waals surface area contributed by atoms with E-state index in [0.29, 0.717) is 18.8 Å². The van der Waals surface area contributed by atoms with Crippen LogP contribution in [0.15, 0.2) is 48.9 Å². The zero-order valence-electron chi connectivity index (χ0n) is 13.7. The van der Waals surface area contributed by atoms with E-state index in [1.165, 1.54) is 0 Å². The van der Waals surface area contributed by atoms with Crippen molar-refractivity contribution in [3.8, 4) is 0 Å². The van der Waals surface area contributed by atoms with Gasteiger partial charge >= 0.3 is 5.97 Å². The summed E-state index contributed by atoms with van der Waals surface area (Å²) in [7, 11) is 0. The summed E-state index contributed by atoms with van der Waals surface area (Å²) in [5, 5.41) is 16.8. The first-order valence-electron chi connectivity index (χ1n) is 8.46. The molecule has 0 amide bonds. The number of rotatable bonds is 4. The summed E-state index contributed by atoms with van der Waals surface area (Å²) >= 11 is 0. The monoisotopic (exact) mass is 337 g/mol. The van der Waals surface area contributed by atoms with Crippen LogP contribution in [0.25, 0.3) is 10.9 Å². The fraction of sp³-hybridized carbons (Fsp3) is 0.333. The Bertz CT molecular complexity index is 871. The highest BCUT2D eigenvalue weighted by Crippen LogP contribution is 2.30. The van der Waals surface area contributed by atoms with Crippen LogP contribution in [0, 0.1) is 5.92 Å². The molecule has 2 aromatic heterocycles. The van der Waals surface area contributed by atoms with Crippen LogP contribution in [0.4, 0.5) is 5.95 Å². The Labute approximate surface area is 144 Å². The summed E-state index contributed by atoms with van der Waals surface area (Å²) in [6.45, 7) is 0. The minimum atomic E-state index is -0.703. The van der Waals surface area contributed by atoms with E-state index >= 15 is 0 Å². The predicted octanol–water partition coefficient (Wildman–Crippen LogP) is 2.74. The van der Waals surface area contributed by atoms with Gasteiger partial charge in [0.1, 0.15) is 0 Å². The first-order valence-corrected chi connectivity index (χ1v) is 8.46. The standard InChI is InChI=1S/C18H19N5O2/c24-17(25)13-6-8-15(9-7-13)22(18-19-10-3-11-20-18)23-16-5-2-1-4-14(16)12-21-23/h1-5,10-13,15H,6-9H2,(H,24,25). The molecule has 4 rings (SSSR count). The van der Waals surface area contributed by atoms with Crippen molar-refractivity contribution in [3.05, 3.63) is 48.9 Å².